The lowest BCUT2D eigenvalue weighted by Crippen LogP contribution is -2.48. The van der Waals surface area contributed by atoms with Gasteiger partial charge in [0.2, 0.25) is 0 Å². The van der Waals surface area contributed by atoms with Gasteiger partial charge in [0.25, 0.3) is 0 Å². The van der Waals surface area contributed by atoms with Crippen molar-refractivity contribution in [3.63, 3.8) is 0 Å². The number of morpholine rings is 1. The Morgan fingerprint density at radius 2 is 1.03 bits per heavy atom. The molecule has 0 aliphatic carbocycles. The van der Waals surface area contributed by atoms with Crippen LogP contribution in [0.2, 0.25) is 0 Å². The molecule has 5 N–H and O–H groups in total. The molecule has 378 valence electrons. The number of rotatable bonds is 9. The molecule has 7 unspecified atom stereocenters. The van der Waals surface area contributed by atoms with Crippen molar-refractivity contribution in [2.45, 2.75) is 108 Å². The molecule has 16 heteroatoms. The molecule has 7 rings (SSSR count). The Balaban J connectivity index is 0.000000368. The second kappa shape index (κ2) is 35.5. The first-order valence-electron chi connectivity index (χ1n) is 24.3. The number of hydrogen-bond donors (Lipinski definition) is 5. The molecule has 0 aromatic rings. The molecule has 0 aromatic heterocycles. The average molecular weight is 908 g/mol. The molecular formula is C47H101N7O9. The number of β-amino-alcohol motifs (C(OH)–C–C–N with tert-alkyl or cyclic N) is 1. The lowest BCUT2D eigenvalue weighted by Gasteiger charge is -2.34. The van der Waals surface area contributed by atoms with Crippen LogP contribution in [0.4, 0.5) is 0 Å². The van der Waals surface area contributed by atoms with E-state index in [2.05, 4.69) is 90.3 Å². The average Bonchev–Trinajstić information content (AvgIpc) is 3.98. The van der Waals surface area contributed by atoms with Gasteiger partial charge in [0, 0.05) is 117 Å². The number of likely N-dealkylation sites (N-methyl/N-ethyl adjacent to an activating group) is 5. The van der Waals surface area contributed by atoms with Crippen molar-refractivity contribution in [3.8, 4) is 0 Å². The maximum Gasteiger partial charge on any atom is 0.0824 e. The molecule has 7 fully saturated rings. The fourth-order valence-corrected chi connectivity index (χ4v) is 8.96. The van der Waals surface area contributed by atoms with E-state index in [0.29, 0.717) is 49.5 Å². The van der Waals surface area contributed by atoms with Crippen LogP contribution in [-0.4, -0.2) is 284 Å². The smallest absolute Gasteiger partial charge is 0.0824 e. The predicted octanol–water partition coefficient (Wildman–Crippen LogP) is 1.03. The molecule has 0 saturated carbocycles. The van der Waals surface area contributed by atoms with Gasteiger partial charge >= 0.3 is 0 Å². The zero-order valence-corrected chi connectivity index (χ0v) is 42.5. The first-order chi connectivity index (χ1) is 30.0. The second-order valence-corrected chi connectivity index (χ2v) is 19.4. The third-order valence-corrected chi connectivity index (χ3v) is 13.2. The van der Waals surface area contributed by atoms with Crippen molar-refractivity contribution in [1.82, 2.24) is 34.3 Å². The number of aliphatic hydroxyl groups is 5. The van der Waals surface area contributed by atoms with E-state index in [1.807, 2.05) is 14.1 Å². The summed E-state index contributed by atoms with van der Waals surface area (Å²) in [4.78, 5) is 15.7. The highest BCUT2D eigenvalue weighted by atomic mass is 16.5. The summed E-state index contributed by atoms with van der Waals surface area (Å²) in [5.41, 5.74) is 0. The van der Waals surface area contributed by atoms with Crippen molar-refractivity contribution in [3.05, 3.63) is 0 Å². The van der Waals surface area contributed by atoms with E-state index >= 15 is 0 Å². The Kier molecular flexibility index (Phi) is 34.0. The Bertz CT molecular complexity index is 1050. The van der Waals surface area contributed by atoms with Crippen LogP contribution in [0.25, 0.3) is 0 Å². The van der Waals surface area contributed by atoms with E-state index in [1.54, 1.807) is 14.2 Å². The van der Waals surface area contributed by atoms with Crippen LogP contribution >= 0.6 is 0 Å². The Hall–Kier alpha value is -0.640. The van der Waals surface area contributed by atoms with Gasteiger partial charge in [0.05, 0.1) is 43.7 Å². The summed E-state index contributed by atoms with van der Waals surface area (Å²) in [5, 5.41) is 44.9. The molecule has 16 nitrogen and oxygen atoms in total. The summed E-state index contributed by atoms with van der Waals surface area (Å²) in [6, 6.07) is 1.38. The Morgan fingerprint density at radius 3 is 1.40 bits per heavy atom. The minimum atomic E-state index is -0.330. The molecule has 0 radical (unpaired) electrons. The molecule has 7 heterocycles. The van der Waals surface area contributed by atoms with Gasteiger partial charge in [0.1, 0.15) is 0 Å². The predicted molar refractivity (Wildman–Crippen MR) is 256 cm³/mol. The summed E-state index contributed by atoms with van der Waals surface area (Å²) in [7, 11) is 18.2. The van der Waals surface area contributed by atoms with Crippen molar-refractivity contribution < 1.29 is 44.5 Å². The molecule has 0 aromatic carbocycles. The van der Waals surface area contributed by atoms with Crippen LogP contribution in [-0.2, 0) is 18.9 Å². The van der Waals surface area contributed by atoms with E-state index in [-0.39, 0.29) is 37.3 Å². The number of nitrogens with zero attached hydrogens (tertiary/aromatic N) is 7. The van der Waals surface area contributed by atoms with Gasteiger partial charge in [-0.1, -0.05) is 0 Å². The van der Waals surface area contributed by atoms with Gasteiger partial charge in [-0.25, -0.2) is 0 Å². The summed E-state index contributed by atoms with van der Waals surface area (Å²) in [6.45, 7) is 22.1. The Morgan fingerprint density at radius 1 is 0.524 bits per heavy atom. The molecule has 0 amide bonds. The highest BCUT2D eigenvalue weighted by Crippen LogP contribution is 2.17. The fourth-order valence-electron chi connectivity index (χ4n) is 8.96. The molecular weight excluding hydrogens is 807 g/mol. The summed E-state index contributed by atoms with van der Waals surface area (Å²) < 4.78 is 20.9. The van der Waals surface area contributed by atoms with Crippen LogP contribution in [0.5, 0.6) is 0 Å². The number of hydrogen-bond acceptors (Lipinski definition) is 16. The normalized spacial score (nSPS) is 32.4. The summed E-state index contributed by atoms with van der Waals surface area (Å²) >= 11 is 0. The molecule has 9 atom stereocenters. The third kappa shape index (κ3) is 27.1. The first kappa shape index (κ1) is 60.4. The second-order valence-electron chi connectivity index (χ2n) is 19.4. The first-order valence-corrected chi connectivity index (χ1v) is 24.3. The van der Waals surface area contributed by atoms with Crippen LogP contribution in [0.15, 0.2) is 0 Å². The number of aliphatic hydroxyl groups excluding tert-OH is 5. The number of ether oxygens (including phenoxy) is 4. The van der Waals surface area contributed by atoms with E-state index < -0.39 is 0 Å². The van der Waals surface area contributed by atoms with Gasteiger partial charge in [-0.2, -0.15) is 0 Å². The van der Waals surface area contributed by atoms with Gasteiger partial charge in [-0.3, -0.25) is 0 Å². The highest BCUT2D eigenvalue weighted by Gasteiger charge is 2.26. The maximum absolute atomic E-state index is 9.34. The molecule has 0 spiro atoms. The molecule has 63 heavy (non-hydrogen) atoms. The van der Waals surface area contributed by atoms with Crippen LogP contribution < -0.4 is 0 Å². The maximum atomic E-state index is 9.34. The van der Waals surface area contributed by atoms with E-state index in [4.69, 9.17) is 34.3 Å². The lowest BCUT2D eigenvalue weighted by molar-refractivity contribution is -0.0602. The van der Waals surface area contributed by atoms with E-state index in [1.165, 1.54) is 45.2 Å². The molecule has 0 bridgehead atoms. The van der Waals surface area contributed by atoms with Gasteiger partial charge < -0.3 is 78.8 Å². The third-order valence-electron chi connectivity index (χ3n) is 13.2. The summed E-state index contributed by atoms with van der Waals surface area (Å²) in [5.74, 6) is 0.731. The van der Waals surface area contributed by atoms with Gasteiger partial charge in [-0.05, 0) is 147 Å². The number of piperidine rings is 2. The zero-order valence-electron chi connectivity index (χ0n) is 42.5. The van der Waals surface area contributed by atoms with Crippen molar-refractivity contribution >= 4 is 0 Å². The van der Waals surface area contributed by atoms with Gasteiger partial charge in [0.15, 0.2) is 0 Å². The monoisotopic (exact) mass is 908 g/mol. The van der Waals surface area contributed by atoms with E-state index in [0.717, 1.165) is 91.6 Å². The SMILES string of the molecule is CCOCC1CCCN1C.CN1CCC(CO)C(O)C1.CN1CCC(CO)C1.CN1CCC(O)C(CO)C1.COC1CN(C)C1.COCC1CCCN1C.C[C@@H]1CN(C)C[C@H](C)O1. The molecule has 7 saturated heterocycles. The van der Waals surface area contributed by atoms with Crippen LogP contribution in [0, 0.1) is 17.8 Å². The molecule has 7 aliphatic heterocycles. The minimum Gasteiger partial charge on any atom is -0.396 e. The molecule has 7 aliphatic rings. The largest absolute Gasteiger partial charge is 0.396 e. The highest BCUT2D eigenvalue weighted by molar-refractivity contribution is 4.79. The topological polar surface area (TPSA) is 161 Å². The lowest BCUT2D eigenvalue weighted by atomic mass is 9.95. The van der Waals surface area contributed by atoms with Crippen LogP contribution in [0.1, 0.15) is 65.7 Å². The standard InChI is InChI=1S/C8H17NO.2C7H15NO2.2C7H15NO.C6H13NO.C5H11NO/c1-3-10-7-8-5-4-6-9(8)2;1-8-3-2-7(10)6(4-8)5-9;1-8-3-2-6(5-9)7(10)4-8;1-6-4-8(3)5-7(2)9-6;1-8-5-3-4-7(8)6-9-2;1-7-3-2-6(4-7)5-8;1-6-3-5(4-6)7-2/h8H,3-7H2,1-2H3;2*6-7,9-10H,2-5H2,1H3;6-7H,4-5H2,1-3H3;7H,3-6H2,1-2H3;6,8H,2-5H2,1H3;5H,3-4H2,1-2H3/t;;;6-,7+;;;. The number of likely N-dealkylation sites (tertiary alicyclic amines) is 6. The Labute approximate surface area is 385 Å². The van der Waals surface area contributed by atoms with E-state index in [9.17, 15) is 10.2 Å². The fraction of sp³-hybridized carbons (Fsp3) is 1.00. The van der Waals surface area contributed by atoms with Crippen LogP contribution in [0.3, 0.4) is 0 Å². The van der Waals surface area contributed by atoms with Crippen molar-refractivity contribution in [1.29, 1.82) is 0 Å². The van der Waals surface area contributed by atoms with Crippen molar-refractivity contribution in [2.75, 3.05) is 182 Å². The van der Waals surface area contributed by atoms with Gasteiger partial charge in [-0.15, -0.1) is 0 Å². The van der Waals surface area contributed by atoms with Crippen molar-refractivity contribution in [2.24, 2.45) is 17.8 Å². The minimum absolute atomic E-state index is 0.0683. The number of methoxy groups -OCH3 is 2. The quantitative estimate of drug-likeness (QED) is 0.223. The zero-order chi connectivity index (χ0) is 47.3. The summed E-state index contributed by atoms with van der Waals surface area (Å²) in [6.07, 6.45) is 8.91.